The first kappa shape index (κ1) is 25.3. The van der Waals surface area contributed by atoms with E-state index in [0.29, 0.717) is 17.9 Å². The zero-order valence-corrected chi connectivity index (χ0v) is 22.3. The van der Waals surface area contributed by atoms with Crippen LogP contribution in [0, 0.1) is 0 Å². The zero-order valence-electron chi connectivity index (χ0n) is 21.5. The average Bonchev–Trinajstić information content (AvgIpc) is 3.39. The second-order valence-electron chi connectivity index (χ2n) is 9.88. The third-order valence-electron chi connectivity index (χ3n) is 7.45. The Morgan fingerprint density at radius 2 is 1.89 bits per heavy atom. The molecule has 0 radical (unpaired) electrons. The van der Waals surface area contributed by atoms with E-state index >= 15 is 0 Å². The lowest BCUT2D eigenvalue weighted by molar-refractivity contribution is -0.135. The molecule has 3 amide bonds. The number of likely N-dealkylation sites (tertiary alicyclic amines) is 1. The molecule has 37 heavy (non-hydrogen) atoms. The number of amides is 3. The number of fused-ring (bicyclic) bond motifs is 1. The lowest BCUT2D eigenvalue weighted by atomic mass is 10.0. The van der Waals surface area contributed by atoms with Crippen LogP contribution in [0.25, 0.3) is 17.0 Å². The van der Waals surface area contributed by atoms with Gasteiger partial charge in [-0.3, -0.25) is 19.3 Å². The van der Waals surface area contributed by atoms with Crippen molar-refractivity contribution in [3.05, 3.63) is 76.3 Å². The summed E-state index contributed by atoms with van der Waals surface area (Å²) in [5.74, 6) is -0.125. The van der Waals surface area contributed by atoms with Gasteiger partial charge in [0.05, 0.1) is 10.4 Å². The van der Waals surface area contributed by atoms with Crippen molar-refractivity contribution in [2.24, 2.45) is 0 Å². The monoisotopic (exact) mass is 515 g/mol. The molecule has 2 fully saturated rings. The maximum absolute atomic E-state index is 13.3. The second kappa shape index (κ2) is 11.0. The number of hydrogen-bond acceptors (Lipinski definition) is 4. The Kier molecular flexibility index (Phi) is 7.51. The topological polar surface area (TPSA) is 62.6 Å². The number of benzene rings is 2. The van der Waals surface area contributed by atoms with Crippen molar-refractivity contribution in [1.29, 1.82) is 0 Å². The number of para-hydroxylation sites is 1. The van der Waals surface area contributed by atoms with E-state index < -0.39 is 0 Å². The molecule has 192 valence electrons. The van der Waals surface area contributed by atoms with Gasteiger partial charge in [0.15, 0.2) is 0 Å². The zero-order chi connectivity index (χ0) is 25.9. The molecule has 0 bridgehead atoms. The van der Waals surface area contributed by atoms with Crippen molar-refractivity contribution in [1.82, 2.24) is 14.4 Å². The first-order chi connectivity index (χ1) is 18.0. The lowest BCUT2D eigenvalue weighted by Crippen LogP contribution is -2.43. The van der Waals surface area contributed by atoms with E-state index in [-0.39, 0.29) is 29.6 Å². The molecule has 2 aromatic carbocycles. The SMILES string of the molecule is CCc1cccc2c(/C=C3\SC(=O)N(CCc4ccccc4)C3=O)cn(CC(=O)N3CCCC[C@@H]3C)c12. The number of imide groups is 1. The molecular weight excluding hydrogens is 482 g/mol. The molecule has 1 aromatic heterocycles. The minimum atomic E-state index is -0.253. The van der Waals surface area contributed by atoms with E-state index in [1.807, 2.05) is 64.2 Å². The van der Waals surface area contributed by atoms with Crippen LogP contribution >= 0.6 is 11.8 Å². The first-order valence-electron chi connectivity index (χ1n) is 13.2. The van der Waals surface area contributed by atoms with Crippen LogP contribution in [0.5, 0.6) is 0 Å². The molecule has 6 nitrogen and oxygen atoms in total. The highest BCUT2D eigenvalue weighted by atomic mass is 32.2. The minimum absolute atomic E-state index is 0.128. The molecule has 2 aliphatic heterocycles. The maximum atomic E-state index is 13.3. The van der Waals surface area contributed by atoms with Gasteiger partial charge in [-0.05, 0) is 68.0 Å². The predicted molar refractivity (Wildman–Crippen MR) is 149 cm³/mol. The number of aryl methyl sites for hydroxylation is 1. The smallest absolute Gasteiger partial charge is 0.293 e. The largest absolute Gasteiger partial charge is 0.338 e. The molecule has 0 spiro atoms. The normalized spacial score (nSPS) is 19.4. The van der Waals surface area contributed by atoms with Crippen molar-refractivity contribution >= 4 is 45.8 Å². The van der Waals surface area contributed by atoms with Gasteiger partial charge >= 0.3 is 0 Å². The summed E-state index contributed by atoms with van der Waals surface area (Å²) in [6.07, 6.45) is 8.52. The highest BCUT2D eigenvalue weighted by molar-refractivity contribution is 8.18. The van der Waals surface area contributed by atoms with Crippen molar-refractivity contribution in [2.45, 2.75) is 58.5 Å². The fraction of sp³-hybridized carbons (Fsp3) is 0.367. The van der Waals surface area contributed by atoms with Crippen molar-refractivity contribution < 1.29 is 14.4 Å². The Bertz CT molecular complexity index is 1360. The summed E-state index contributed by atoms with van der Waals surface area (Å²) < 4.78 is 2.03. The van der Waals surface area contributed by atoms with Crippen LogP contribution in [0.2, 0.25) is 0 Å². The fourth-order valence-electron chi connectivity index (χ4n) is 5.42. The van der Waals surface area contributed by atoms with E-state index in [0.717, 1.165) is 65.2 Å². The van der Waals surface area contributed by atoms with E-state index in [1.165, 1.54) is 11.3 Å². The molecule has 0 unspecified atom stereocenters. The number of carbonyl (C=O) groups excluding carboxylic acids is 3. The Labute approximate surface area is 222 Å². The number of aromatic nitrogens is 1. The van der Waals surface area contributed by atoms with Gasteiger partial charge in [0.2, 0.25) is 5.91 Å². The average molecular weight is 516 g/mol. The number of hydrogen-bond donors (Lipinski definition) is 0. The summed E-state index contributed by atoms with van der Waals surface area (Å²) in [6.45, 7) is 5.67. The van der Waals surface area contributed by atoms with Crippen molar-refractivity contribution in [3.8, 4) is 0 Å². The van der Waals surface area contributed by atoms with Crippen LogP contribution in [0.1, 0.15) is 49.8 Å². The van der Waals surface area contributed by atoms with Gasteiger partial charge in [-0.2, -0.15) is 0 Å². The third-order valence-corrected chi connectivity index (χ3v) is 8.36. The van der Waals surface area contributed by atoms with Crippen LogP contribution < -0.4 is 0 Å². The van der Waals surface area contributed by atoms with Crippen LogP contribution in [-0.4, -0.2) is 50.6 Å². The standard InChI is InChI=1S/C30H33N3O3S/c1-3-23-13-9-14-25-24(19-31(28(23)25)20-27(34)32-16-8-7-10-21(32)2)18-26-29(35)33(30(36)37-26)17-15-22-11-5-4-6-12-22/h4-6,9,11-14,18-19,21H,3,7-8,10,15-17,20H2,1-2H3/b26-18-/t21-/m0/s1. The van der Waals surface area contributed by atoms with Crippen LogP contribution in [0.3, 0.4) is 0 Å². The third kappa shape index (κ3) is 5.23. The Hall–Kier alpha value is -3.32. The molecule has 3 heterocycles. The van der Waals surface area contributed by atoms with Gasteiger partial charge in [-0.1, -0.05) is 55.5 Å². The quantitative estimate of drug-likeness (QED) is 0.369. The summed E-state index contributed by atoms with van der Waals surface area (Å²) >= 11 is 0.991. The van der Waals surface area contributed by atoms with Crippen LogP contribution in [-0.2, 0) is 29.0 Å². The predicted octanol–water partition coefficient (Wildman–Crippen LogP) is 5.88. The van der Waals surface area contributed by atoms with E-state index in [9.17, 15) is 14.4 Å². The maximum Gasteiger partial charge on any atom is 0.293 e. The molecule has 2 saturated heterocycles. The summed E-state index contributed by atoms with van der Waals surface area (Å²) in [7, 11) is 0. The first-order valence-corrected chi connectivity index (χ1v) is 14.0. The Morgan fingerprint density at radius 1 is 1.08 bits per heavy atom. The number of nitrogens with zero attached hydrogens (tertiary/aromatic N) is 3. The molecule has 0 aliphatic carbocycles. The molecule has 1 atom stereocenters. The van der Waals surface area contributed by atoms with Crippen molar-refractivity contribution in [2.75, 3.05) is 13.1 Å². The molecule has 0 N–H and O–H groups in total. The second-order valence-corrected chi connectivity index (χ2v) is 10.9. The molecule has 2 aliphatic rings. The van der Waals surface area contributed by atoms with Gasteiger partial charge < -0.3 is 9.47 Å². The highest BCUT2D eigenvalue weighted by Gasteiger charge is 2.35. The molecule has 7 heteroatoms. The van der Waals surface area contributed by atoms with E-state index in [4.69, 9.17) is 0 Å². The summed E-state index contributed by atoms with van der Waals surface area (Å²) in [4.78, 5) is 42.9. The minimum Gasteiger partial charge on any atom is -0.338 e. The summed E-state index contributed by atoms with van der Waals surface area (Å²) in [6, 6.07) is 16.3. The number of thioether (sulfide) groups is 1. The number of carbonyl (C=O) groups is 3. The molecular formula is C30H33N3O3S. The van der Waals surface area contributed by atoms with Gasteiger partial charge in [-0.25, -0.2) is 0 Å². The molecule has 0 saturated carbocycles. The van der Waals surface area contributed by atoms with E-state index in [2.05, 4.69) is 19.9 Å². The molecule has 5 rings (SSSR count). The fourth-order valence-corrected chi connectivity index (χ4v) is 6.27. The van der Waals surface area contributed by atoms with Crippen LogP contribution in [0.15, 0.2) is 59.6 Å². The highest BCUT2D eigenvalue weighted by Crippen LogP contribution is 2.35. The Balaban J connectivity index is 1.42. The van der Waals surface area contributed by atoms with E-state index in [1.54, 1.807) is 0 Å². The molecule has 3 aromatic rings. The summed E-state index contributed by atoms with van der Waals surface area (Å²) in [5.41, 5.74) is 4.14. The Morgan fingerprint density at radius 3 is 2.65 bits per heavy atom. The van der Waals surface area contributed by atoms with Crippen LogP contribution in [0.4, 0.5) is 4.79 Å². The number of rotatable bonds is 7. The van der Waals surface area contributed by atoms with Gasteiger partial charge in [-0.15, -0.1) is 0 Å². The van der Waals surface area contributed by atoms with Gasteiger partial charge in [0, 0.05) is 36.3 Å². The lowest BCUT2D eigenvalue weighted by Gasteiger charge is -2.33. The van der Waals surface area contributed by atoms with Gasteiger partial charge in [0.1, 0.15) is 6.54 Å². The van der Waals surface area contributed by atoms with Gasteiger partial charge in [0.25, 0.3) is 11.1 Å². The number of piperidine rings is 1. The summed E-state index contributed by atoms with van der Waals surface area (Å²) in [5, 5.41) is 0.759. The van der Waals surface area contributed by atoms with Crippen molar-refractivity contribution in [3.63, 3.8) is 0 Å².